The average molecular weight is 300 g/mol. The molecule has 0 bridgehead atoms. The van der Waals surface area contributed by atoms with E-state index in [1.165, 1.54) is 0 Å². The molecule has 0 N–H and O–H groups in total. The lowest BCUT2D eigenvalue weighted by atomic mass is 9.49. The van der Waals surface area contributed by atoms with Gasteiger partial charge in [-0.15, -0.1) is 0 Å². The molecule has 4 aliphatic rings. The van der Waals surface area contributed by atoms with Crippen LogP contribution in [-0.2, 0) is 19.1 Å². The third kappa shape index (κ3) is 1.48. The summed E-state index contributed by atoms with van der Waals surface area (Å²) in [5.41, 5.74) is 1.27. The van der Waals surface area contributed by atoms with Crippen LogP contribution in [0.1, 0.15) is 33.1 Å². The fraction of sp³-hybridized carbons (Fsp3) is 0.556. The smallest absolute Gasteiger partial charge is 0.331 e. The first-order valence-corrected chi connectivity index (χ1v) is 7.89. The van der Waals surface area contributed by atoms with Gasteiger partial charge in [0.15, 0.2) is 0 Å². The summed E-state index contributed by atoms with van der Waals surface area (Å²) in [6, 6.07) is 0. The minimum Gasteiger partial charge on any atom is -0.457 e. The highest BCUT2D eigenvalue weighted by atomic mass is 16.6. The Morgan fingerprint density at radius 2 is 1.95 bits per heavy atom. The maximum absolute atomic E-state index is 12.4. The summed E-state index contributed by atoms with van der Waals surface area (Å²) in [5.74, 6) is -0.339. The molecule has 0 aromatic carbocycles. The highest BCUT2D eigenvalue weighted by Crippen LogP contribution is 2.64. The Morgan fingerprint density at radius 1 is 1.23 bits per heavy atom. The van der Waals surface area contributed by atoms with Gasteiger partial charge in [-0.1, -0.05) is 19.9 Å². The van der Waals surface area contributed by atoms with E-state index in [0.717, 1.165) is 30.4 Å². The third-order valence-corrected chi connectivity index (χ3v) is 6.10. The minimum atomic E-state index is -0.453. The molecule has 0 aromatic rings. The third-order valence-electron chi connectivity index (χ3n) is 6.10. The molecular weight excluding hydrogens is 280 g/mol. The van der Waals surface area contributed by atoms with E-state index in [0.29, 0.717) is 0 Å². The average Bonchev–Trinajstić information content (AvgIpc) is 2.72. The van der Waals surface area contributed by atoms with Gasteiger partial charge < -0.3 is 9.47 Å². The van der Waals surface area contributed by atoms with Crippen molar-refractivity contribution >= 4 is 11.9 Å². The number of ether oxygens (including phenoxy) is 2. The molecular formula is C18H20O4. The van der Waals surface area contributed by atoms with Gasteiger partial charge in [-0.25, -0.2) is 4.79 Å². The summed E-state index contributed by atoms with van der Waals surface area (Å²) in [6.07, 6.45) is 7.33. The lowest BCUT2D eigenvalue weighted by molar-refractivity contribution is -0.148. The van der Waals surface area contributed by atoms with Crippen LogP contribution in [0, 0.1) is 16.7 Å². The predicted molar refractivity (Wildman–Crippen MR) is 79.7 cm³/mol. The van der Waals surface area contributed by atoms with Crippen LogP contribution >= 0.6 is 0 Å². The first kappa shape index (κ1) is 13.8. The SMILES string of the molecule is C=CC1OC(=O)C=C2C1=CC1OC(=O)C3(C)CCCC2(C)C13. The minimum absolute atomic E-state index is 0.0904. The first-order valence-electron chi connectivity index (χ1n) is 7.89. The highest BCUT2D eigenvalue weighted by Gasteiger charge is 2.65. The van der Waals surface area contributed by atoms with Crippen LogP contribution in [0.2, 0.25) is 0 Å². The summed E-state index contributed by atoms with van der Waals surface area (Å²) in [4.78, 5) is 24.4. The zero-order valence-corrected chi connectivity index (χ0v) is 12.9. The first-order chi connectivity index (χ1) is 10.4. The molecule has 2 aliphatic heterocycles. The largest absolute Gasteiger partial charge is 0.457 e. The number of carbonyl (C=O) groups excluding carboxylic acids is 2. The van der Waals surface area contributed by atoms with Crippen LogP contribution in [0.4, 0.5) is 0 Å². The van der Waals surface area contributed by atoms with Crippen LogP contribution in [0.15, 0.2) is 36.0 Å². The van der Waals surface area contributed by atoms with Gasteiger partial charge in [0.25, 0.3) is 0 Å². The van der Waals surface area contributed by atoms with Crippen molar-refractivity contribution in [3.63, 3.8) is 0 Å². The summed E-state index contributed by atoms with van der Waals surface area (Å²) in [5, 5.41) is 0. The zero-order chi connectivity index (χ0) is 15.7. The van der Waals surface area contributed by atoms with E-state index >= 15 is 0 Å². The Morgan fingerprint density at radius 3 is 2.68 bits per heavy atom. The molecule has 116 valence electrons. The van der Waals surface area contributed by atoms with Crippen molar-refractivity contribution in [2.24, 2.45) is 16.7 Å². The summed E-state index contributed by atoms with van der Waals surface area (Å²) in [6.45, 7) is 7.96. The van der Waals surface area contributed by atoms with Crippen LogP contribution in [0.25, 0.3) is 0 Å². The summed E-state index contributed by atoms with van der Waals surface area (Å²) < 4.78 is 11.0. The fourth-order valence-electron chi connectivity index (χ4n) is 5.16. The van der Waals surface area contributed by atoms with Crippen molar-refractivity contribution in [3.05, 3.63) is 36.0 Å². The quantitative estimate of drug-likeness (QED) is 0.552. The zero-order valence-electron chi connectivity index (χ0n) is 12.9. The Hall–Kier alpha value is -1.84. The second-order valence-electron chi connectivity index (χ2n) is 7.31. The Bertz CT molecular complexity index is 658. The van der Waals surface area contributed by atoms with Gasteiger partial charge in [-0.3, -0.25) is 4.79 Å². The van der Waals surface area contributed by atoms with E-state index in [1.54, 1.807) is 12.2 Å². The normalized spacial score (nSPS) is 45.8. The molecule has 2 heterocycles. The van der Waals surface area contributed by atoms with Crippen LogP contribution in [-0.4, -0.2) is 24.1 Å². The second kappa shape index (κ2) is 4.12. The van der Waals surface area contributed by atoms with Crippen molar-refractivity contribution in [2.75, 3.05) is 0 Å². The van der Waals surface area contributed by atoms with E-state index < -0.39 is 11.5 Å². The molecule has 2 fully saturated rings. The maximum Gasteiger partial charge on any atom is 0.331 e. The van der Waals surface area contributed by atoms with E-state index in [4.69, 9.17) is 9.47 Å². The molecule has 0 radical (unpaired) electrons. The summed E-state index contributed by atoms with van der Waals surface area (Å²) in [7, 11) is 0. The van der Waals surface area contributed by atoms with Gasteiger partial charge in [-0.2, -0.15) is 0 Å². The van der Waals surface area contributed by atoms with Crippen LogP contribution < -0.4 is 0 Å². The van der Waals surface area contributed by atoms with Gasteiger partial charge in [0.1, 0.15) is 12.2 Å². The molecule has 2 aliphatic carbocycles. The molecule has 4 heteroatoms. The molecule has 4 nitrogen and oxygen atoms in total. The second-order valence-corrected chi connectivity index (χ2v) is 7.31. The number of hydrogen-bond acceptors (Lipinski definition) is 4. The molecule has 22 heavy (non-hydrogen) atoms. The van der Waals surface area contributed by atoms with E-state index in [-0.39, 0.29) is 29.4 Å². The molecule has 5 unspecified atom stereocenters. The molecule has 5 atom stereocenters. The number of hydrogen-bond donors (Lipinski definition) is 0. The van der Waals surface area contributed by atoms with Gasteiger partial charge in [0.2, 0.25) is 0 Å². The topological polar surface area (TPSA) is 52.6 Å². The monoisotopic (exact) mass is 300 g/mol. The van der Waals surface area contributed by atoms with Crippen LogP contribution in [0.3, 0.4) is 0 Å². The number of rotatable bonds is 1. The molecule has 0 spiro atoms. The standard InChI is InChI=1S/C18H20O4/c1-4-12-10-8-13-15-17(2,11(10)9-14(19)21-12)6-5-7-18(15,3)16(20)22-13/h4,8-9,12-13,15H,1,5-7H2,2-3H3. The Kier molecular flexibility index (Phi) is 2.58. The molecule has 0 amide bonds. The molecule has 1 saturated heterocycles. The maximum atomic E-state index is 12.4. The van der Waals surface area contributed by atoms with Gasteiger partial charge >= 0.3 is 11.9 Å². The predicted octanol–water partition coefficient (Wildman–Crippen LogP) is 2.70. The number of carbonyl (C=O) groups is 2. The number of fused-ring (bicyclic) bond motifs is 2. The lowest BCUT2D eigenvalue weighted by Crippen LogP contribution is -2.51. The number of cyclic esters (lactones) is 1. The Balaban J connectivity index is 1.94. The van der Waals surface area contributed by atoms with Crippen molar-refractivity contribution in [1.82, 2.24) is 0 Å². The van der Waals surface area contributed by atoms with Crippen molar-refractivity contribution < 1.29 is 19.1 Å². The number of esters is 2. The highest BCUT2D eigenvalue weighted by molar-refractivity contribution is 5.88. The van der Waals surface area contributed by atoms with Gasteiger partial charge in [0.05, 0.1) is 5.41 Å². The molecule has 0 aromatic heterocycles. The summed E-state index contributed by atoms with van der Waals surface area (Å²) >= 11 is 0. The van der Waals surface area contributed by atoms with Crippen LogP contribution in [0.5, 0.6) is 0 Å². The van der Waals surface area contributed by atoms with Gasteiger partial charge in [-0.05, 0) is 37.5 Å². The lowest BCUT2D eigenvalue weighted by Gasteiger charge is -2.52. The van der Waals surface area contributed by atoms with E-state index in [2.05, 4.69) is 13.5 Å². The van der Waals surface area contributed by atoms with Crippen molar-refractivity contribution in [3.8, 4) is 0 Å². The van der Waals surface area contributed by atoms with Gasteiger partial charge in [0, 0.05) is 23.0 Å². The van der Waals surface area contributed by atoms with E-state index in [9.17, 15) is 9.59 Å². The fourth-order valence-corrected chi connectivity index (χ4v) is 5.16. The molecule has 1 saturated carbocycles. The molecule has 4 rings (SSSR count). The Labute approximate surface area is 129 Å². The van der Waals surface area contributed by atoms with Crippen molar-refractivity contribution in [1.29, 1.82) is 0 Å². The van der Waals surface area contributed by atoms with E-state index in [1.807, 2.05) is 13.0 Å². The van der Waals surface area contributed by atoms with Crippen molar-refractivity contribution in [2.45, 2.75) is 45.3 Å².